The number of likely N-dealkylation sites (tertiary alicyclic amines) is 1. The van der Waals surface area contributed by atoms with Crippen LogP contribution >= 0.6 is 0 Å². The van der Waals surface area contributed by atoms with Gasteiger partial charge in [-0.2, -0.15) is 0 Å². The van der Waals surface area contributed by atoms with Crippen LogP contribution in [-0.2, 0) is 24.0 Å². The first-order valence-electron chi connectivity index (χ1n) is 17.8. The van der Waals surface area contributed by atoms with Crippen LogP contribution in [0.4, 0.5) is 4.79 Å². The number of hydrogen-bond acceptors (Lipinski definition) is 6. The van der Waals surface area contributed by atoms with Crippen LogP contribution < -0.4 is 21.3 Å². The van der Waals surface area contributed by atoms with Crippen molar-refractivity contribution in [1.82, 2.24) is 26.2 Å². The Kier molecular flexibility index (Phi) is 10.2. The molecule has 0 aromatic carbocycles. The fourth-order valence-corrected chi connectivity index (χ4v) is 8.04. The van der Waals surface area contributed by atoms with E-state index in [1.807, 2.05) is 20.8 Å². The second-order valence-electron chi connectivity index (χ2n) is 16.5. The van der Waals surface area contributed by atoms with E-state index in [0.29, 0.717) is 13.0 Å². The summed E-state index contributed by atoms with van der Waals surface area (Å²) in [5.74, 6) is -1.84. The monoisotopic (exact) mass is 653 g/mol. The van der Waals surface area contributed by atoms with Crippen LogP contribution in [0.3, 0.4) is 0 Å². The zero-order valence-electron chi connectivity index (χ0n) is 28.9. The summed E-state index contributed by atoms with van der Waals surface area (Å²) in [6, 6.07) is -3.90. The first kappa shape index (κ1) is 35.1. The molecule has 11 nitrogen and oxygen atoms in total. The Bertz CT molecular complexity index is 1270. The maximum absolute atomic E-state index is 14.4. The maximum atomic E-state index is 14.4. The van der Waals surface area contributed by atoms with Crippen molar-refractivity contribution in [3.8, 4) is 0 Å². The number of carbonyl (C=O) groups is 6. The summed E-state index contributed by atoms with van der Waals surface area (Å²) < 4.78 is 0. The van der Waals surface area contributed by atoms with Gasteiger partial charge in [-0.05, 0) is 66.6 Å². The molecular weight excluding hydrogens is 598 g/mol. The van der Waals surface area contributed by atoms with Crippen molar-refractivity contribution in [2.75, 3.05) is 13.1 Å². The molecule has 0 unspecified atom stereocenters. The molecular formula is C36H55N5O6. The molecule has 0 bridgehead atoms. The van der Waals surface area contributed by atoms with Crippen LogP contribution in [0.25, 0.3) is 0 Å². The van der Waals surface area contributed by atoms with Crippen LogP contribution in [-0.4, -0.2) is 77.5 Å². The minimum absolute atomic E-state index is 0.00454. The number of Topliss-reactive ketones (excluding diaryl/α,β-unsaturated/α-hetero) is 2. The number of carbonyl (C=O) groups excluding carboxylic acids is 6. The number of hydrogen-bond donors (Lipinski definition) is 4. The van der Waals surface area contributed by atoms with Gasteiger partial charge in [-0.15, -0.1) is 6.58 Å². The van der Waals surface area contributed by atoms with Gasteiger partial charge in [0.05, 0.1) is 12.1 Å². The standard InChI is InChI=1S/C36H55N5O6/c1-7-17-37-32(45)29(43)24(18-20-13-14-20)38-31(44)27-25-23(36(25,5)6)19-41(27)33(46)30(35(2,3)4)40-34(47)39-26(28(42)22-15-16-22)21-11-9-8-10-12-21/h7,20-27,30H,1,8-19H2,2-6H3,(H,37,45)(H,38,44)(H2,39,40,47)/t23-,24-,25-,26-,27-,30+/m0/s1. The number of piperidine rings is 1. The lowest BCUT2D eigenvalue weighted by molar-refractivity contribution is -0.145. The molecule has 0 radical (unpaired) electrons. The minimum Gasteiger partial charge on any atom is -0.346 e. The molecule has 5 aliphatic rings. The van der Waals surface area contributed by atoms with Gasteiger partial charge in [0.25, 0.3) is 5.91 Å². The van der Waals surface area contributed by atoms with E-state index in [1.165, 1.54) is 6.08 Å². The van der Waals surface area contributed by atoms with Gasteiger partial charge in [-0.3, -0.25) is 24.0 Å². The quantitative estimate of drug-likeness (QED) is 0.167. The van der Waals surface area contributed by atoms with Crippen molar-refractivity contribution in [1.29, 1.82) is 0 Å². The molecule has 5 fully saturated rings. The van der Waals surface area contributed by atoms with Gasteiger partial charge >= 0.3 is 6.03 Å². The van der Waals surface area contributed by atoms with E-state index in [0.717, 1.165) is 57.8 Å². The minimum atomic E-state index is -0.985. The van der Waals surface area contributed by atoms with Gasteiger partial charge in [-0.1, -0.05) is 72.8 Å². The first-order chi connectivity index (χ1) is 22.1. The fourth-order valence-electron chi connectivity index (χ4n) is 8.04. The molecule has 1 aliphatic heterocycles. The second-order valence-corrected chi connectivity index (χ2v) is 16.5. The van der Waals surface area contributed by atoms with E-state index in [4.69, 9.17) is 0 Å². The Morgan fingerprint density at radius 1 is 0.915 bits per heavy atom. The third-order valence-corrected chi connectivity index (χ3v) is 11.4. The number of nitrogens with zero attached hydrogens (tertiary/aromatic N) is 1. The van der Waals surface area contributed by atoms with Gasteiger partial charge in [-0.25, -0.2) is 4.79 Å². The summed E-state index contributed by atoms with van der Waals surface area (Å²) in [5.41, 5.74) is -0.874. The Balaban J connectivity index is 1.32. The predicted octanol–water partition coefficient (Wildman–Crippen LogP) is 3.27. The molecule has 260 valence electrons. The van der Waals surface area contributed by atoms with E-state index in [1.54, 1.807) is 4.90 Å². The maximum Gasteiger partial charge on any atom is 0.316 e. The highest BCUT2D eigenvalue weighted by Gasteiger charge is 2.70. The van der Waals surface area contributed by atoms with Gasteiger partial charge in [0.2, 0.25) is 17.6 Å². The summed E-state index contributed by atoms with van der Waals surface area (Å²) in [6.07, 6.45) is 10.5. The highest BCUT2D eigenvalue weighted by Crippen LogP contribution is 2.65. The Morgan fingerprint density at radius 2 is 1.57 bits per heavy atom. The first-order valence-corrected chi connectivity index (χ1v) is 17.8. The molecule has 4 aliphatic carbocycles. The second kappa shape index (κ2) is 13.7. The van der Waals surface area contributed by atoms with E-state index >= 15 is 0 Å². The van der Waals surface area contributed by atoms with Gasteiger partial charge in [0, 0.05) is 19.0 Å². The van der Waals surface area contributed by atoms with Crippen LogP contribution in [0.15, 0.2) is 12.7 Å². The lowest BCUT2D eigenvalue weighted by atomic mass is 9.81. The van der Waals surface area contributed by atoms with Crippen molar-refractivity contribution < 1.29 is 28.8 Å². The third-order valence-electron chi connectivity index (χ3n) is 11.4. The molecule has 1 heterocycles. The summed E-state index contributed by atoms with van der Waals surface area (Å²) in [5, 5.41) is 11.3. The highest BCUT2D eigenvalue weighted by atomic mass is 16.2. The average molecular weight is 654 g/mol. The Morgan fingerprint density at radius 3 is 2.15 bits per heavy atom. The molecule has 0 aromatic heterocycles. The summed E-state index contributed by atoms with van der Waals surface area (Å²) >= 11 is 0. The van der Waals surface area contributed by atoms with Crippen LogP contribution in [0.1, 0.15) is 98.8 Å². The molecule has 5 rings (SSSR count). The molecule has 47 heavy (non-hydrogen) atoms. The number of rotatable bonds is 14. The van der Waals surface area contributed by atoms with E-state index in [2.05, 4.69) is 41.7 Å². The normalized spacial score (nSPS) is 27.0. The highest BCUT2D eigenvalue weighted by molar-refractivity contribution is 6.38. The van der Waals surface area contributed by atoms with Crippen molar-refractivity contribution in [2.45, 2.75) is 123 Å². The summed E-state index contributed by atoms with van der Waals surface area (Å²) in [7, 11) is 0. The van der Waals surface area contributed by atoms with Gasteiger partial charge in [0.1, 0.15) is 12.1 Å². The zero-order chi connectivity index (χ0) is 34.3. The number of amides is 5. The molecule has 5 amide bonds. The number of ketones is 2. The topological polar surface area (TPSA) is 154 Å². The smallest absolute Gasteiger partial charge is 0.316 e. The van der Waals surface area contributed by atoms with E-state index in [9.17, 15) is 28.8 Å². The van der Waals surface area contributed by atoms with Crippen molar-refractivity contribution in [3.05, 3.63) is 12.7 Å². The third kappa shape index (κ3) is 7.91. The number of fused-ring (bicyclic) bond motifs is 1. The van der Waals surface area contributed by atoms with E-state index < -0.39 is 53.2 Å². The Hall–Kier alpha value is -3.24. The molecule has 6 atom stereocenters. The molecule has 0 aromatic rings. The fraction of sp³-hybridized carbons (Fsp3) is 0.778. The van der Waals surface area contributed by atoms with Crippen LogP contribution in [0, 0.1) is 40.4 Å². The van der Waals surface area contributed by atoms with Crippen molar-refractivity contribution >= 4 is 35.3 Å². The van der Waals surface area contributed by atoms with E-state index in [-0.39, 0.29) is 53.2 Å². The Labute approximate surface area is 279 Å². The zero-order valence-corrected chi connectivity index (χ0v) is 28.9. The molecule has 0 spiro atoms. The molecule has 4 saturated carbocycles. The summed E-state index contributed by atoms with van der Waals surface area (Å²) in [4.78, 5) is 82.6. The van der Waals surface area contributed by atoms with Gasteiger partial charge < -0.3 is 26.2 Å². The van der Waals surface area contributed by atoms with Crippen LogP contribution in [0.2, 0.25) is 0 Å². The van der Waals surface area contributed by atoms with Crippen molar-refractivity contribution in [2.24, 2.45) is 40.4 Å². The summed E-state index contributed by atoms with van der Waals surface area (Å²) in [6.45, 7) is 13.8. The lowest BCUT2D eigenvalue weighted by Gasteiger charge is -2.38. The molecule has 1 saturated heterocycles. The molecule has 11 heteroatoms. The number of nitrogens with one attached hydrogen (secondary N) is 4. The van der Waals surface area contributed by atoms with Crippen molar-refractivity contribution in [3.63, 3.8) is 0 Å². The SMILES string of the molecule is C=CCNC(=O)C(=O)[C@H](CC1CC1)NC(=O)[C@@H]1[C@@H]2[C@H](CN1C(=O)[C@@H](NC(=O)N[C@H](C(=O)C1CC1)C1CCCCC1)C(C)(C)C)C2(C)C. The lowest BCUT2D eigenvalue weighted by Crippen LogP contribution is -2.62. The molecule has 4 N–H and O–H groups in total. The predicted molar refractivity (Wildman–Crippen MR) is 177 cm³/mol. The largest absolute Gasteiger partial charge is 0.346 e. The number of urea groups is 1. The van der Waals surface area contributed by atoms with Crippen LogP contribution in [0.5, 0.6) is 0 Å². The van der Waals surface area contributed by atoms with Gasteiger partial charge in [0.15, 0.2) is 5.78 Å². The average Bonchev–Trinajstić information content (AvgIpc) is 3.98.